The SMILES string of the molecule is CC(C(=O)n1cc(CC(=O)O)c2ccccc21)c1cccc2ccccc12. The monoisotopic (exact) mass is 357 g/mol. The van der Waals surface area contributed by atoms with E-state index in [2.05, 4.69) is 0 Å². The molecule has 0 amide bonds. The van der Waals surface area contributed by atoms with E-state index >= 15 is 0 Å². The van der Waals surface area contributed by atoms with E-state index in [1.165, 1.54) is 0 Å². The van der Waals surface area contributed by atoms with Crippen LogP contribution in [-0.2, 0) is 11.2 Å². The highest BCUT2D eigenvalue weighted by molar-refractivity contribution is 6.00. The average molecular weight is 357 g/mol. The van der Waals surface area contributed by atoms with Crippen LogP contribution in [0.15, 0.2) is 72.9 Å². The molecule has 0 aliphatic heterocycles. The summed E-state index contributed by atoms with van der Waals surface area (Å²) in [5.41, 5.74) is 2.36. The van der Waals surface area contributed by atoms with Gasteiger partial charge < -0.3 is 5.11 Å². The summed E-state index contributed by atoms with van der Waals surface area (Å²) >= 11 is 0. The lowest BCUT2D eigenvalue weighted by atomic mass is 9.94. The molecule has 27 heavy (non-hydrogen) atoms. The Labute approximate surface area is 156 Å². The van der Waals surface area contributed by atoms with Gasteiger partial charge in [0.05, 0.1) is 17.9 Å². The third-order valence-electron chi connectivity index (χ3n) is 5.03. The number of carboxylic acids is 1. The number of aliphatic carboxylic acids is 1. The molecule has 0 aliphatic rings. The molecule has 3 aromatic carbocycles. The highest BCUT2D eigenvalue weighted by Gasteiger charge is 2.22. The quantitative estimate of drug-likeness (QED) is 0.567. The molecule has 0 bridgehead atoms. The van der Waals surface area contributed by atoms with Gasteiger partial charge in [-0.05, 0) is 34.9 Å². The molecule has 0 saturated heterocycles. The molecule has 1 aromatic heterocycles. The van der Waals surface area contributed by atoms with E-state index in [4.69, 9.17) is 0 Å². The van der Waals surface area contributed by atoms with E-state index in [0.717, 1.165) is 27.2 Å². The van der Waals surface area contributed by atoms with Crippen LogP contribution in [0.5, 0.6) is 0 Å². The maximum absolute atomic E-state index is 13.3. The van der Waals surface area contributed by atoms with Crippen molar-refractivity contribution >= 4 is 33.6 Å². The van der Waals surface area contributed by atoms with Crippen molar-refractivity contribution in [1.82, 2.24) is 4.57 Å². The summed E-state index contributed by atoms with van der Waals surface area (Å²) in [4.78, 5) is 24.5. The molecule has 0 aliphatic carbocycles. The van der Waals surface area contributed by atoms with Crippen molar-refractivity contribution < 1.29 is 14.7 Å². The van der Waals surface area contributed by atoms with Gasteiger partial charge in [-0.3, -0.25) is 14.2 Å². The summed E-state index contributed by atoms with van der Waals surface area (Å²) in [5, 5.41) is 12.1. The lowest BCUT2D eigenvalue weighted by Gasteiger charge is -2.15. The predicted octanol–water partition coefficient (Wildman–Crippen LogP) is 4.87. The minimum Gasteiger partial charge on any atom is -0.481 e. The van der Waals surface area contributed by atoms with Crippen molar-refractivity contribution in [2.45, 2.75) is 19.3 Å². The van der Waals surface area contributed by atoms with E-state index in [9.17, 15) is 14.7 Å². The molecule has 4 aromatic rings. The fourth-order valence-electron chi connectivity index (χ4n) is 3.71. The Bertz CT molecular complexity index is 1170. The van der Waals surface area contributed by atoms with E-state index in [1.807, 2.05) is 73.7 Å². The molecule has 0 fully saturated rings. The molecule has 4 rings (SSSR count). The fourth-order valence-corrected chi connectivity index (χ4v) is 3.71. The first kappa shape index (κ1) is 17.0. The van der Waals surface area contributed by atoms with Crippen molar-refractivity contribution in [1.29, 1.82) is 0 Å². The fraction of sp³-hybridized carbons (Fsp3) is 0.130. The first-order chi connectivity index (χ1) is 13.1. The summed E-state index contributed by atoms with van der Waals surface area (Å²) < 4.78 is 1.60. The minimum atomic E-state index is -0.910. The van der Waals surface area contributed by atoms with Crippen LogP contribution in [0.1, 0.15) is 28.8 Å². The zero-order valence-corrected chi connectivity index (χ0v) is 14.9. The second-order valence-corrected chi connectivity index (χ2v) is 6.74. The normalized spacial score (nSPS) is 12.3. The molecule has 134 valence electrons. The number of para-hydroxylation sites is 1. The Hall–Kier alpha value is -3.40. The number of carbonyl (C=O) groups excluding carboxylic acids is 1. The van der Waals surface area contributed by atoms with Crippen LogP contribution in [-0.4, -0.2) is 21.6 Å². The highest BCUT2D eigenvalue weighted by Crippen LogP contribution is 2.29. The molecule has 4 nitrogen and oxygen atoms in total. The summed E-state index contributed by atoms with van der Waals surface area (Å²) in [6.45, 7) is 1.90. The van der Waals surface area contributed by atoms with Crippen LogP contribution in [0.3, 0.4) is 0 Å². The number of nitrogens with zero attached hydrogens (tertiary/aromatic N) is 1. The largest absolute Gasteiger partial charge is 0.481 e. The highest BCUT2D eigenvalue weighted by atomic mass is 16.4. The van der Waals surface area contributed by atoms with Gasteiger partial charge in [0.15, 0.2) is 0 Å². The Morgan fingerprint density at radius 1 is 0.926 bits per heavy atom. The van der Waals surface area contributed by atoms with Crippen LogP contribution in [0.4, 0.5) is 0 Å². The average Bonchev–Trinajstić information content (AvgIpc) is 3.04. The second kappa shape index (κ2) is 6.72. The smallest absolute Gasteiger partial charge is 0.307 e. The second-order valence-electron chi connectivity index (χ2n) is 6.74. The van der Waals surface area contributed by atoms with Gasteiger partial charge in [-0.2, -0.15) is 0 Å². The van der Waals surface area contributed by atoms with Crippen molar-refractivity contribution in [2.24, 2.45) is 0 Å². The number of rotatable bonds is 4. The summed E-state index contributed by atoms with van der Waals surface area (Å²) in [7, 11) is 0. The van der Waals surface area contributed by atoms with Gasteiger partial charge in [-0.25, -0.2) is 0 Å². The zero-order valence-electron chi connectivity index (χ0n) is 14.9. The maximum atomic E-state index is 13.3. The van der Waals surface area contributed by atoms with Gasteiger partial charge >= 0.3 is 5.97 Å². The number of benzene rings is 3. The van der Waals surface area contributed by atoms with Crippen LogP contribution in [0, 0.1) is 0 Å². The molecule has 1 atom stereocenters. The summed E-state index contributed by atoms with van der Waals surface area (Å²) in [6.07, 6.45) is 1.56. The molecular formula is C23H19NO3. The third kappa shape index (κ3) is 2.99. The van der Waals surface area contributed by atoms with Gasteiger partial charge in [0.25, 0.3) is 0 Å². The first-order valence-corrected chi connectivity index (χ1v) is 8.89. The maximum Gasteiger partial charge on any atom is 0.307 e. The summed E-state index contributed by atoms with van der Waals surface area (Å²) in [6, 6.07) is 21.4. The molecule has 4 heteroatoms. The van der Waals surface area contributed by atoms with Crippen molar-refractivity contribution in [3.63, 3.8) is 0 Å². The third-order valence-corrected chi connectivity index (χ3v) is 5.03. The molecule has 0 saturated carbocycles. The van der Waals surface area contributed by atoms with Gasteiger partial charge in [0, 0.05) is 11.6 Å². The predicted molar refractivity (Wildman–Crippen MR) is 106 cm³/mol. The van der Waals surface area contributed by atoms with Gasteiger partial charge in [0.2, 0.25) is 5.91 Å². The topological polar surface area (TPSA) is 59.3 Å². The molecule has 1 N–H and O–H groups in total. The number of fused-ring (bicyclic) bond motifs is 2. The zero-order chi connectivity index (χ0) is 19.0. The minimum absolute atomic E-state index is 0.0702. The van der Waals surface area contributed by atoms with Crippen LogP contribution < -0.4 is 0 Å². The Morgan fingerprint density at radius 2 is 1.59 bits per heavy atom. The first-order valence-electron chi connectivity index (χ1n) is 8.89. The van der Waals surface area contributed by atoms with Gasteiger partial charge in [-0.15, -0.1) is 0 Å². The Kier molecular flexibility index (Phi) is 4.24. The molecule has 1 unspecified atom stereocenters. The van der Waals surface area contributed by atoms with Gasteiger partial charge in [-0.1, -0.05) is 60.7 Å². The van der Waals surface area contributed by atoms with E-state index in [0.29, 0.717) is 5.56 Å². The van der Waals surface area contributed by atoms with Crippen LogP contribution >= 0.6 is 0 Å². The van der Waals surface area contributed by atoms with Gasteiger partial charge in [0.1, 0.15) is 0 Å². The standard InChI is InChI=1S/C23H19NO3/c1-15(18-11-6-8-16-7-2-3-9-19(16)18)23(27)24-14-17(13-22(25)26)20-10-4-5-12-21(20)24/h2-12,14-15H,13H2,1H3,(H,25,26). The molecule has 1 heterocycles. The molecule has 0 spiro atoms. The number of carbonyl (C=O) groups is 2. The van der Waals surface area contributed by atoms with Crippen LogP contribution in [0.2, 0.25) is 0 Å². The van der Waals surface area contributed by atoms with Crippen molar-refractivity contribution in [2.75, 3.05) is 0 Å². The van der Waals surface area contributed by atoms with E-state index in [1.54, 1.807) is 10.8 Å². The van der Waals surface area contributed by atoms with Crippen LogP contribution in [0.25, 0.3) is 21.7 Å². The summed E-state index contributed by atoms with van der Waals surface area (Å²) in [5.74, 6) is -1.34. The number of aromatic nitrogens is 1. The number of hydrogen-bond acceptors (Lipinski definition) is 2. The number of hydrogen-bond donors (Lipinski definition) is 1. The molecule has 0 radical (unpaired) electrons. The van der Waals surface area contributed by atoms with E-state index in [-0.39, 0.29) is 18.2 Å². The lowest BCUT2D eigenvalue weighted by Crippen LogP contribution is -2.17. The van der Waals surface area contributed by atoms with Crippen molar-refractivity contribution in [3.05, 3.63) is 84.1 Å². The Balaban J connectivity index is 1.81. The lowest BCUT2D eigenvalue weighted by molar-refractivity contribution is -0.136. The molecular weight excluding hydrogens is 338 g/mol. The van der Waals surface area contributed by atoms with E-state index < -0.39 is 5.97 Å². The Morgan fingerprint density at radius 3 is 2.37 bits per heavy atom. The number of carboxylic acid groups (broad SMARTS) is 1. The van der Waals surface area contributed by atoms with Crippen molar-refractivity contribution in [3.8, 4) is 0 Å².